The van der Waals surface area contributed by atoms with Gasteiger partial charge in [0.25, 0.3) is 0 Å². The van der Waals surface area contributed by atoms with E-state index in [9.17, 15) is 9.59 Å². The van der Waals surface area contributed by atoms with E-state index in [1.54, 1.807) is 0 Å². The largest absolute Gasteiger partial charge is 0.378 e. The van der Waals surface area contributed by atoms with Gasteiger partial charge in [0.15, 0.2) is 5.16 Å². The molecule has 0 unspecified atom stereocenters. The molecule has 1 saturated heterocycles. The van der Waals surface area contributed by atoms with Gasteiger partial charge in [-0.1, -0.05) is 43.3 Å². The van der Waals surface area contributed by atoms with Crippen molar-refractivity contribution in [1.29, 1.82) is 0 Å². The molecule has 0 atom stereocenters. The maximum atomic E-state index is 12.4. The second-order valence-electron chi connectivity index (χ2n) is 8.77. The molecule has 1 aliphatic rings. The zero-order valence-corrected chi connectivity index (χ0v) is 20.9. The molecule has 1 aromatic carbocycles. The number of nitrogens with one attached hydrogen (secondary N) is 2. The molecule has 0 bridgehead atoms. The molecule has 2 N–H and O–H groups in total. The van der Waals surface area contributed by atoms with Crippen LogP contribution in [0.25, 0.3) is 0 Å². The third kappa shape index (κ3) is 6.94. The summed E-state index contributed by atoms with van der Waals surface area (Å²) < 4.78 is 7.51. The number of anilines is 2. The summed E-state index contributed by atoms with van der Waals surface area (Å²) in [7, 11) is 0. The summed E-state index contributed by atoms with van der Waals surface area (Å²) >= 11 is 1.33. The number of nitrogens with zero attached hydrogens (tertiary/aromatic N) is 4. The smallest absolute Gasteiger partial charge is 0.243 e. The molecule has 180 valence electrons. The molecule has 9 nitrogen and oxygen atoms in total. The zero-order chi connectivity index (χ0) is 24.0. The Morgan fingerprint density at radius 3 is 2.39 bits per heavy atom. The van der Waals surface area contributed by atoms with Crippen molar-refractivity contribution in [2.24, 2.45) is 5.92 Å². The molecule has 0 saturated carbocycles. The lowest BCUT2D eigenvalue weighted by Crippen LogP contribution is -2.38. The first-order valence-electron chi connectivity index (χ1n) is 11.3. The van der Waals surface area contributed by atoms with E-state index in [-0.39, 0.29) is 24.1 Å². The van der Waals surface area contributed by atoms with E-state index in [1.165, 1.54) is 11.8 Å². The predicted octanol–water partition coefficient (Wildman–Crippen LogP) is 2.54. The van der Waals surface area contributed by atoms with Crippen molar-refractivity contribution in [3.05, 3.63) is 28.8 Å². The minimum absolute atomic E-state index is 0.0795. The maximum absolute atomic E-state index is 12.4. The highest BCUT2D eigenvalue weighted by atomic mass is 32.2. The van der Waals surface area contributed by atoms with Crippen molar-refractivity contribution in [3.63, 3.8) is 0 Å². The topological polar surface area (TPSA) is 101 Å². The Labute approximate surface area is 199 Å². The SMILES string of the molecule is Cc1cc(C)c(NC(=O)CNC(=O)CSc2nnc(N3CCOCC3)n2CC(C)C)c(C)c1. The number of aromatic nitrogens is 3. The number of ether oxygens (including phenoxy) is 1. The Balaban J connectivity index is 1.54. The molecule has 1 aliphatic heterocycles. The number of hydrogen-bond acceptors (Lipinski definition) is 7. The van der Waals surface area contributed by atoms with Gasteiger partial charge in [0, 0.05) is 25.3 Å². The van der Waals surface area contributed by atoms with Gasteiger partial charge in [-0.3, -0.25) is 14.2 Å². The Kier molecular flexibility index (Phi) is 8.74. The van der Waals surface area contributed by atoms with Gasteiger partial charge in [0.05, 0.1) is 25.5 Å². The van der Waals surface area contributed by atoms with Crippen molar-refractivity contribution in [3.8, 4) is 0 Å². The van der Waals surface area contributed by atoms with Crippen molar-refractivity contribution >= 4 is 35.2 Å². The first-order chi connectivity index (χ1) is 15.7. The van der Waals surface area contributed by atoms with Gasteiger partial charge < -0.3 is 20.3 Å². The van der Waals surface area contributed by atoms with Gasteiger partial charge in [-0.25, -0.2) is 0 Å². The average molecular weight is 475 g/mol. The molecule has 1 aromatic heterocycles. The summed E-state index contributed by atoms with van der Waals surface area (Å²) in [6.45, 7) is 13.8. The van der Waals surface area contributed by atoms with E-state index in [1.807, 2.05) is 32.9 Å². The van der Waals surface area contributed by atoms with Gasteiger partial charge in [-0.15, -0.1) is 10.2 Å². The molecule has 2 aromatic rings. The predicted molar refractivity (Wildman–Crippen MR) is 131 cm³/mol. The molecule has 3 rings (SSSR count). The van der Waals surface area contributed by atoms with Crippen LogP contribution in [-0.4, -0.2) is 65.2 Å². The van der Waals surface area contributed by atoms with Crippen molar-refractivity contribution in [1.82, 2.24) is 20.1 Å². The van der Waals surface area contributed by atoms with Crippen LogP contribution in [0.15, 0.2) is 17.3 Å². The number of carbonyl (C=O) groups excluding carboxylic acids is 2. The number of hydrogen-bond donors (Lipinski definition) is 2. The number of morpholine rings is 1. The molecule has 2 amide bonds. The van der Waals surface area contributed by atoms with E-state index in [4.69, 9.17) is 4.74 Å². The Bertz CT molecular complexity index is 962. The van der Waals surface area contributed by atoms with E-state index in [2.05, 4.69) is 44.1 Å². The number of rotatable bonds is 9. The van der Waals surface area contributed by atoms with Crippen LogP contribution in [0.5, 0.6) is 0 Å². The average Bonchev–Trinajstić information content (AvgIpc) is 3.15. The second kappa shape index (κ2) is 11.5. The van der Waals surface area contributed by atoms with Crippen LogP contribution < -0.4 is 15.5 Å². The highest BCUT2D eigenvalue weighted by Crippen LogP contribution is 2.24. The first kappa shape index (κ1) is 25.0. The van der Waals surface area contributed by atoms with Gasteiger partial charge in [0.2, 0.25) is 17.8 Å². The summed E-state index contributed by atoms with van der Waals surface area (Å²) in [4.78, 5) is 26.9. The molecular formula is C23H34N6O3S. The number of amides is 2. The number of aryl methyl sites for hydroxylation is 3. The highest BCUT2D eigenvalue weighted by molar-refractivity contribution is 7.99. The Morgan fingerprint density at radius 2 is 1.76 bits per heavy atom. The molecule has 1 fully saturated rings. The molecule has 0 radical (unpaired) electrons. The molecule has 10 heteroatoms. The van der Waals surface area contributed by atoms with E-state index < -0.39 is 0 Å². The quantitative estimate of drug-likeness (QED) is 0.539. The molecule has 0 aliphatic carbocycles. The van der Waals surface area contributed by atoms with Gasteiger partial charge in [-0.05, 0) is 37.8 Å². The lowest BCUT2D eigenvalue weighted by atomic mass is 10.1. The highest BCUT2D eigenvalue weighted by Gasteiger charge is 2.22. The van der Waals surface area contributed by atoms with E-state index >= 15 is 0 Å². The third-order valence-electron chi connectivity index (χ3n) is 5.26. The second-order valence-corrected chi connectivity index (χ2v) is 9.72. The van der Waals surface area contributed by atoms with Crippen LogP contribution in [0.2, 0.25) is 0 Å². The van der Waals surface area contributed by atoms with Gasteiger partial charge >= 0.3 is 0 Å². The van der Waals surface area contributed by atoms with Crippen LogP contribution in [0, 0.1) is 26.7 Å². The maximum Gasteiger partial charge on any atom is 0.243 e. The molecular weight excluding hydrogens is 440 g/mol. The molecule has 33 heavy (non-hydrogen) atoms. The fourth-order valence-electron chi connectivity index (χ4n) is 3.83. The van der Waals surface area contributed by atoms with Gasteiger partial charge in [0.1, 0.15) is 0 Å². The lowest BCUT2D eigenvalue weighted by Gasteiger charge is -2.28. The normalized spacial score (nSPS) is 13.9. The number of thioether (sulfide) groups is 1. The third-order valence-corrected chi connectivity index (χ3v) is 6.23. The fraction of sp³-hybridized carbons (Fsp3) is 0.565. The zero-order valence-electron chi connectivity index (χ0n) is 20.1. The summed E-state index contributed by atoms with van der Waals surface area (Å²) in [5.74, 6) is 0.917. The Hall–Kier alpha value is -2.59. The summed E-state index contributed by atoms with van der Waals surface area (Å²) in [5, 5.41) is 15.0. The summed E-state index contributed by atoms with van der Waals surface area (Å²) in [6, 6.07) is 4.05. The van der Waals surface area contributed by atoms with Crippen LogP contribution in [-0.2, 0) is 20.9 Å². The Morgan fingerprint density at radius 1 is 1.09 bits per heavy atom. The van der Waals surface area contributed by atoms with Crippen molar-refractivity contribution < 1.29 is 14.3 Å². The van der Waals surface area contributed by atoms with Crippen LogP contribution in [0.1, 0.15) is 30.5 Å². The summed E-state index contributed by atoms with van der Waals surface area (Å²) in [5.41, 5.74) is 3.95. The van der Waals surface area contributed by atoms with Crippen LogP contribution in [0.3, 0.4) is 0 Å². The number of benzene rings is 1. The van der Waals surface area contributed by atoms with Crippen molar-refractivity contribution in [2.75, 3.05) is 48.8 Å². The van der Waals surface area contributed by atoms with E-state index in [0.29, 0.717) is 24.3 Å². The van der Waals surface area contributed by atoms with Crippen molar-refractivity contribution in [2.45, 2.75) is 46.3 Å². The standard InChI is InChI=1S/C23H34N6O3S/c1-15(2)13-29-22(28-6-8-32-9-7-28)26-27-23(29)33-14-20(31)24-12-19(30)25-21-17(4)10-16(3)11-18(21)5/h10-11,15H,6-9,12-14H2,1-5H3,(H,24,31)(H,25,30). The van der Waals surface area contributed by atoms with Crippen LogP contribution >= 0.6 is 11.8 Å². The summed E-state index contributed by atoms with van der Waals surface area (Å²) in [6.07, 6.45) is 0. The lowest BCUT2D eigenvalue weighted by molar-refractivity contribution is -0.122. The van der Waals surface area contributed by atoms with Gasteiger partial charge in [-0.2, -0.15) is 0 Å². The van der Waals surface area contributed by atoms with E-state index in [0.717, 1.165) is 48.0 Å². The minimum atomic E-state index is -0.249. The number of carbonyl (C=O) groups is 2. The monoisotopic (exact) mass is 474 g/mol. The fourth-order valence-corrected chi connectivity index (χ4v) is 4.60. The molecule has 2 heterocycles. The molecule has 0 spiro atoms. The first-order valence-corrected chi connectivity index (χ1v) is 12.3. The van der Waals surface area contributed by atoms with Crippen LogP contribution in [0.4, 0.5) is 11.6 Å². The minimum Gasteiger partial charge on any atom is -0.378 e.